The number of rotatable bonds is 4. The Hall–Kier alpha value is -2.51. The molecule has 8 heteroatoms. The highest BCUT2D eigenvalue weighted by atomic mass is 35.5. The number of thioether (sulfide) groups is 1. The molecule has 1 saturated carbocycles. The summed E-state index contributed by atoms with van der Waals surface area (Å²) in [5.41, 5.74) is 2.02. The molecule has 1 aliphatic carbocycles. The highest BCUT2D eigenvalue weighted by molar-refractivity contribution is 8.02. The van der Waals surface area contributed by atoms with E-state index in [0.29, 0.717) is 16.4 Å². The highest BCUT2D eigenvalue weighted by Crippen LogP contribution is 2.55. The van der Waals surface area contributed by atoms with Crippen LogP contribution >= 0.6 is 23.4 Å². The van der Waals surface area contributed by atoms with Crippen molar-refractivity contribution in [2.24, 2.45) is 0 Å². The summed E-state index contributed by atoms with van der Waals surface area (Å²) in [5.74, 6) is -0.390. The van der Waals surface area contributed by atoms with E-state index in [1.165, 1.54) is 16.7 Å². The molecule has 0 aromatic heterocycles. The average Bonchev–Trinajstić information content (AvgIpc) is 3.45. The lowest BCUT2D eigenvalue weighted by molar-refractivity contribution is -0.126. The van der Waals surface area contributed by atoms with Crippen molar-refractivity contribution in [2.45, 2.75) is 36.6 Å². The molecule has 6 nitrogen and oxygen atoms in total. The van der Waals surface area contributed by atoms with E-state index in [1.807, 2.05) is 24.3 Å². The summed E-state index contributed by atoms with van der Waals surface area (Å²) in [5, 5.41) is 3.62. The molecule has 2 heterocycles. The summed E-state index contributed by atoms with van der Waals surface area (Å²) in [6.07, 6.45) is 4.20. The van der Waals surface area contributed by atoms with Crippen LogP contribution in [0.3, 0.4) is 0 Å². The van der Waals surface area contributed by atoms with E-state index in [4.69, 9.17) is 11.6 Å². The van der Waals surface area contributed by atoms with Crippen LogP contribution in [-0.2, 0) is 19.3 Å². The molecule has 31 heavy (non-hydrogen) atoms. The molecule has 1 spiro atoms. The van der Waals surface area contributed by atoms with Crippen molar-refractivity contribution in [2.75, 3.05) is 22.1 Å². The van der Waals surface area contributed by atoms with Gasteiger partial charge in [0.15, 0.2) is 0 Å². The maximum Gasteiger partial charge on any atom is 0.269 e. The van der Waals surface area contributed by atoms with Crippen molar-refractivity contribution in [1.82, 2.24) is 5.32 Å². The average molecular weight is 456 g/mol. The predicted molar refractivity (Wildman–Crippen MR) is 122 cm³/mol. The first-order valence-corrected chi connectivity index (χ1v) is 11.8. The predicted octanol–water partition coefficient (Wildman–Crippen LogP) is 3.68. The van der Waals surface area contributed by atoms with Crippen LogP contribution in [0.2, 0.25) is 5.02 Å². The zero-order valence-electron chi connectivity index (χ0n) is 16.8. The van der Waals surface area contributed by atoms with Crippen LogP contribution in [0, 0.1) is 0 Å². The molecular formula is C23H22ClN3O3S. The maximum absolute atomic E-state index is 13.9. The van der Waals surface area contributed by atoms with Crippen LogP contribution in [0.5, 0.6) is 0 Å². The largest absolute Gasteiger partial charge is 0.352 e. The second kappa shape index (κ2) is 7.88. The summed E-state index contributed by atoms with van der Waals surface area (Å²) >= 11 is 7.34. The summed E-state index contributed by atoms with van der Waals surface area (Å²) in [4.78, 5) is 41.4. The van der Waals surface area contributed by atoms with Crippen molar-refractivity contribution >= 4 is 52.5 Å². The van der Waals surface area contributed by atoms with Crippen LogP contribution in [0.15, 0.2) is 48.5 Å². The molecule has 0 bridgehead atoms. The fourth-order valence-electron chi connectivity index (χ4n) is 4.79. The van der Waals surface area contributed by atoms with Gasteiger partial charge in [-0.1, -0.05) is 42.6 Å². The van der Waals surface area contributed by atoms with E-state index in [0.717, 1.165) is 31.2 Å². The van der Waals surface area contributed by atoms with Gasteiger partial charge in [0, 0.05) is 22.3 Å². The molecule has 3 aliphatic rings. The van der Waals surface area contributed by atoms with Gasteiger partial charge in [-0.25, -0.2) is 0 Å². The Morgan fingerprint density at radius 3 is 2.55 bits per heavy atom. The zero-order chi connectivity index (χ0) is 21.6. The van der Waals surface area contributed by atoms with Gasteiger partial charge in [0.1, 0.15) is 6.54 Å². The van der Waals surface area contributed by atoms with E-state index in [-0.39, 0.29) is 36.1 Å². The number of fused-ring (bicyclic) bond motifs is 2. The topological polar surface area (TPSA) is 69.7 Å². The number of hydrogen-bond donors (Lipinski definition) is 1. The first kappa shape index (κ1) is 20.4. The number of nitrogens with zero attached hydrogens (tertiary/aromatic N) is 2. The lowest BCUT2D eigenvalue weighted by Gasteiger charge is -2.33. The number of hydrogen-bond acceptors (Lipinski definition) is 4. The molecule has 160 valence electrons. The van der Waals surface area contributed by atoms with E-state index >= 15 is 0 Å². The lowest BCUT2D eigenvalue weighted by Crippen LogP contribution is -2.51. The van der Waals surface area contributed by atoms with Gasteiger partial charge >= 0.3 is 0 Å². The number of carbonyl (C=O) groups excluding carboxylic acids is 3. The Morgan fingerprint density at radius 2 is 1.81 bits per heavy atom. The molecule has 2 fully saturated rings. The van der Waals surface area contributed by atoms with Crippen molar-refractivity contribution in [3.05, 3.63) is 59.1 Å². The van der Waals surface area contributed by atoms with Crippen LogP contribution < -0.4 is 15.1 Å². The Labute approximate surface area is 189 Å². The molecule has 2 aromatic rings. The second-order valence-corrected chi connectivity index (χ2v) is 9.70. The van der Waals surface area contributed by atoms with Gasteiger partial charge in [0.05, 0.1) is 11.4 Å². The SMILES string of the molecule is O=C(CN1C(=O)C2(SCC(=O)N2c2ccc(Cl)cc2)c2ccccc21)NC1CCCC1. The van der Waals surface area contributed by atoms with E-state index in [1.54, 1.807) is 29.2 Å². The van der Waals surface area contributed by atoms with Gasteiger partial charge in [0.2, 0.25) is 16.7 Å². The summed E-state index contributed by atoms with van der Waals surface area (Å²) in [6, 6.07) is 14.5. The summed E-state index contributed by atoms with van der Waals surface area (Å²) in [7, 11) is 0. The molecule has 1 atom stereocenters. The quantitative estimate of drug-likeness (QED) is 0.763. The first-order valence-electron chi connectivity index (χ1n) is 10.4. The first-order chi connectivity index (χ1) is 15.0. The Balaban J connectivity index is 1.51. The van der Waals surface area contributed by atoms with E-state index in [9.17, 15) is 14.4 Å². The maximum atomic E-state index is 13.9. The molecule has 1 unspecified atom stereocenters. The number of benzene rings is 2. The van der Waals surface area contributed by atoms with Crippen LogP contribution in [-0.4, -0.2) is 36.1 Å². The minimum atomic E-state index is -1.21. The summed E-state index contributed by atoms with van der Waals surface area (Å²) < 4.78 is 0. The number of anilines is 2. The number of amides is 3. The Bertz CT molecular complexity index is 1050. The van der Waals surface area contributed by atoms with Gasteiger partial charge in [-0.2, -0.15) is 0 Å². The van der Waals surface area contributed by atoms with Gasteiger partial charge < -0.3 is 5.32 Å². The fraction of sp³-hybridized carbons (Fsp3) is 0.348. The summed E-state index contributed by atoms with van der Waals surface area (Å²) in [6.45, 7) is -0.0582. The van der Waals surface area contributed by atoms with Crippen molar-refractivity contribution < 1.29 is 14.4 Å². The standard InChI is InChI=1S/C23H22ClN3O3S/c24-15-9-11-17(12-10-15)27-21(29)14-31-23(27)18-7-3-4-8-19(18)26(22(23)30)13-20(28)25-16-5-1-2-6-16/h3-4,7-12,16H,1-2,5-6,13-14H2,(H,25,28). The molecule has 2 aromatic carbocycles. The molecule has 0 radical (unpaired) electrons. The minimum Gasteiger partial charge on any atom is -0.352 e. The molecule has 5 rings (SSSR count). The normalized spacial score (nSPS) is 23.1. The molecule has 1 N–H and O–H groups in total. The third-order valence-electron chi connectivity index (χ3n) is 6.17. The van der Waals surface area contributed by atoms with Crippen molar-refractivity contribution in [1.29, 1.82) is 0 Å². The Morgan fingerprint density at radius 1 is 1.10 bits per heavy atom. The lowest BCUT2D eigenvalue weighted by atomic mass is 10.0. The third-order valence-corrected chi connectivity index (χ3v) is 7.81. The monoisotopic (exact) mass is 455 g/mol. The van der Waals surface area contributed by atoms with Crippen LogP contribution in [0.4, 0.5) is 11.4 Å². The second-order valence-electron chi connectivity index (χ2n) is 8.10. The van der Waals surface area contributed by atoms with Gasteiger partial charge in [-0.15, -0.1) is 11.8 Å². The number of carbonyl (C=O) groups is 3. The van der Waals surface area contributed by atoms with Gasteiger partial charge in [0.25, 0.3) is 5.91 Å². The number of nitrogens with one attached hydrogen (secondary N) is 1. The molecule has 1 saturated heterocycles. The van der Waals surface area contributed by atoms with Gasteiger partial charge in [-0.05, 0) is 43.2 Å². The molecule has 3 amide bonds. The van der Waals surface area contributed by atoms with E-state index < -0.39 is 4.87 Å². The van der Waals surface area contributed by atoms with Crippen molar-refractivity contribution in [3.63, 3.8) is 0 Å². The Kier molecular flexibility index (Phi) is 5.18. The minimum absolute atomic E-state index is 0.0582. The van der Waals surface area contributed by atoms with Crippen LogP contribution in [0.1, 0.15) is 31.2 Å². The fourth-order valence-corrected chi connectivity index (χ4v) is 6.28. The number of para-hydroxylation sites is 1. The van der Waals surface area contributed by atoms with E-state index in [2.05, 4.69) is 5.32 Å². The zero-order valence-corrected chi connectivity index (χ0v) is 18.4. The third kappa shape index (κ3) is 3.31. The molecular weight excluding hydrogens is 434 g/mol. The highest BCUT2D eigenvalue weighted by Gasteiger charge is 2.61. The number of halogens is 1. The molecule has 2 aliphatic heterocycles. The van der Waals surface area contributed by atoms with Crippen LogP contribution in [0.25, 0.3) is 0 Å². The van der Waals surface area contributed by atoms with Gasteiger partial charge in [-0.3, -0.25) is 24.2 Å². The smallest absolute Gasteiger partial charge is 0.269 e. The van der Waals surface area contributed by atoms with Crippen molar-refractivity contribution in [3.8, 4) is 0 Å².